The summed E-state index contributed by atoms with van der Waals surface area (Å²) in [5, 5.41) is 0. The second-order valence-electron chi connectivity index (χ2n) is 11.7. The SMILES string of the molecule is C/C=C\CB([C@H]1C[C@H]2C[C@@H]([C@H]1C)C2(C)C)[C@H]1C[C@H]2C[C@@H]([C@H]1C)C2(C)C. The summed E-state index contributed by atoms with van der Waals surface area (Å²) >= 11 is 0. The van der Waals surface area contributed by atoms with Gasteiger partial charge in [0.2, 0.25) is 0 Å². The highest BCUT2D eigenvalue weighted by atomic mass is 14.6. The van der Waals surface area contributed by atoms with Crippen molar-refractivity contribution in [2.75, 3.05) is 0 Å². The Morgan fingerprint density at radius 3 is 1.56 bits per heavy atom. The molecular formula is C24H41B. The van der Waals surface area contributed by atoms with Crippen LogP contribution >= 0.6 is 0 Å². The maximum atomic E-state index is 2.62. The summed E-state index contributed by atoms with van der Waals surface area (Å²) in [6.07, 6.45) is 12.3. The third-order valence-electron chi connectivity index (χ3n) is 10.6. The molecule has 1 heteroatoms. The molecule has 0 radical (unpaired) electrons. The molecular weight excluding hydrogens is 299 g/mol. The molecule has 6 fully saturated rings. The lowest BCUT2D eigenvalue weighted by Crippen LogP contribution is -2.59. The molecule has 6 aliphatic carbocycles. The normalized spacial score (nSPS) is 49.4. The van der Waals surface area contributed by atoms with Crippen LogP contribution in [0.1, 0.15) is 74.1 Å². The molecule has 6 saturated carbocycles. The summed E-state index contributed by atoms with van der Waals surface area (Å²) < 4.78 is 0. The lowest BCUT2D eigenvalue weighted by molar-refractivity contribution is -0.107. The van der Waals surface area contributed by atoms with Gasteiger partial charge >= 0.3 is 0 Å². The Kier molecular flexibility index (Phi) is 4.29. The fraction of sp³-hybridized carbons (Fsp3) is 0.917. The smallest absolute Gasteiger partial charge is 0.0960 e. The third-order valence-corrected chi connectivity index (χ3v) is 10.6. The van der Waals surface area contributed by atoms with Crippen LogP contribution in [-0.4, -0.2) is 6.71 Å². The number of hydrogen-bond donors (Lipinski definition) is 0. The molecule has 0 unspecified atom stereocenters. The molecule has 0 nitrogen and oxygen atoms in total. The largest absolute Gasteiger partial charge is 0.150 e. The van der Waals surface area contributed by atoms with Gasteiger partial charge in [0.05, 0.1) is 0 Å². The molecule has 8 atom stereocenters. The highest BCUT2D eigenvalue weighted by molar-refractivity contribution is 6.62. The minimum atomic E-state index is 0.628. The first-order valence-corrected chi connectivity index (χ1v) is 11.3. The van der Waals surface area contributed by atoms with Gasteiger partial charge in [-0.25, -0.2) is 0 Å². The van der Waals surface area contributed by atoms with Crippen molar-refractivity contribution >= 4 is 6.71 Å². The molecule has 0 amide bonds. The van der Waals surface area contributed by atoms with Gasteiger partial charge in [-0.1, -0.05) is 84.5 Å². The number of rotatable bonds is 4. The van der Waals surface area contributed by atoms with E-state index in [-0.39, 0.29) is 0 Å². The standard InChI is InChI=1S/C24H41B/c1-8-9-10-25(21-13-17-11-19(15(21)2)23(17,4)5)22-14-18-12-20(16(22)3)24(18,6)7/h8-9,15-22H,10-14H2,1-7H3/b9-8-/t15-,16-,17-,18-,19+,20+,21+,22+/m1/s1. The van der Waals surface area contributed by atoms with Crippen LogP contribution < -0.4 is 0 Å². The van der Waals surface area contributed by atoms with E-state index in [0.717, 1.165) is 53.9 Å². The average molecular weight is 340 g/mol. The summed E-state index contributed by atoms with van der Waals surface area (Å²) in [7, 11) is 0. The minimum absolute atomic E-state index is 0.628. The second-order valence-corrected chi connectivity index (χ2v) is 11.7. The highest BCUT2D eigenvalue weighted by Gasteiger charge is 2.61. The van der Waals surface area contributed by atoms with Crippen LogP contribution in [0.2, 0.25) is 18.0 Å². The zero-order valence-electron chi connectivity index (χ0n) is 17.9. The van der Waals surface area contributed by atoms with Crippen LogP contribution in [-0.2, 0) is 0 Å². The Labute approximate surface area is 157 Å². The number of fused-ring (bicyclic) bond motifs is 4. The van der Waals surface area contributed by atoms with Crippen LogP contribution in [0.25, 0.3) is 0 Å². The van der Waals surface area contributed by atoms with Crippen LogP contribution in [0.4, 0.5) is 0 Å². The van der Waals surface area contributed by atoms with E-state index in [1.165, 1.54) is 32.0 Å². The van der Waals surface area contributed by atoms with Crippen molar-refractivity contribution in [1.82, 2.24) is 0 Å². The Bertz CT molecular complexity index is 502. The maximum Gasteiger partial charge on any atom is 0.150 e. The van der Waals surface area contributed by atoms with Gasteiger partial charge in [-0.05, 0) is 66.1 Å². The zero-order chi connectivity index (χ0) is 18.1. The summed E-state index contributed by atoms with van der Waals surface area (Å²) in [4.78, 5) is 0. The molecule has 140 valence electrons. The molecule has 0 aromatic carbocycles. The molecule has 4 bridgehead atoms. The Morgan fingerprint density at radius 1 is 0.800 bits per heavy atom. The maximum absolute atomic E-state index is 2.62. The van der Waals surface area contributed by atoms with Gasteiger partial charge in [-0.3, -0.25) is 0 Å². The molecule has 0 aliphatic heterocycles. The van der Waals surface area contributed by atoms with E-state index < -0.39 is 0 Å². The van der Waals surface area contributed by atoms with Crippen molar-refractivity contribution in [1.29, 1.82) is 0 Å². The van der Waals surface area contributed by atoms with Crippen molar-refractivity contribution in [2.24, 2.45) is 46.3 Å². The molecule has 0 aromatic heterocycles. The fourth-order valence-electron chi connectivity index (χ4n) is 8.47. The summed E-state index contributed by atoms with van der Waals surface area (Å²) in [6.45, 7) is 18.6. The lowest BCUT2D eigenvalue weighted by Gasteiger charge is -2.66. The monoisotopic (exact) mass is 340 g/mol. The Morgan fingerprint density at radius 2 is 1.24 bits per heavy atom. The Hall–Kier alpha value is -0.195. The first kappa shape index (κ1) is 18.2. The van der Waals surface area contributed by atoms with Gasteiger partial charge < -0.3 is 0 Å². The van der Waals surface area contributed by atoms with Crippen molar-refractivity contribution in [2.45, 2.75) is 92.1 Å². The third kappa shape index (κ3) is 2.46. The van der Waals surface area contributed by atoms with Gasteiger partial charge in [-0.2, -0.15) is 0 Å². The average Bonchev–Trinajstić information content (AvgIpc) is 2.56. The van der Waals surface area contributed by atoms with Crippen molar-refractivity contribution < 1.29 is 0 Å². The predicted octanol–water partition coefficient (Wildman–Crippen LogP) is 7.20. The lowest BCUT2D eigenvalue weighted by atomic mass is 9.20. The number of allylic oxidation sites excluding steroid dienone is 2. The molecule has 6 aliphatic rings. The first-order chi connectivity index (χ1) is 11.7. The van der Waals surface area contributed by atoms with Crippen LogP contribution in [0, 0.1) is 46.3 Å². The van der Waals surface area contributed by atoms with E-state index in [9.17, 15) is 0 Å². The minimum Gasteiger partial charge on any atom is -0.0960 e. The second kappa shape index (κ2) is 5.90. The summed E-state index contributed by atoms with van der Waals surface area (Å²) in [6, 6.07) is 0. The molecule has 0 saturated heterocycles. The van der Waals surface area contributed by atoms with Crippen LogP contribution in [0.15, 0.2) is 12.2 Å². The van der Waals surface area contributed by atoms with Gasteiger partial charge in [0.1, 0.15) is 0 Å². The number of hydrogen-bond acceptors (Lipinski definition) is 0. The van der Waals surface area contributed by atoms with E-state index >= 15 is 0 Å². The summed E-state index contributed by atoms with van der Waals surface area (Å²) in [5.74, 6) is 7.86. The van der Waals surface area contributed by atoms with Gasteiger partial charge in [0, 0.05) is 0 Å². The highest BCUT2D eigenvalue weighted by Crippen LogP contribution is 2.69. The van der Waals surface area contributed by atoms with Crippen molar-refractivity contribution in [3.8, 4) is 0 Å². The van der Waals surface area contributed by atoms with E-state index in [4.69, 9.17) is 0 Å². The van der Waals surface area contributed by atoms with E-state index in [2.05, 4.69) is 60.6 Å². The summed E-state index contributed by atoms with van der Waals surface area (Å²) in [5.41, 5.74) is 1.26. The Balaban J connectivity index is 1.56. The van der Waals surface area contributed by atoms with Gasteiger partial charge in [0.15, 0.2) is 6.71 Å². The van der Waals surface area contributed by atoms with E-state index in [1.54, 1.807) is 0 Å². The predicted molar refractivity (Wildman–Crippen MR) is 111 cm³/mol. The topological polar surface area (TPSA) is 0 Å². The molecule has 0 spiro atoms. The molecule has 0 N–H and O–H groups in total. The van der Waals surface area contributed by atoms with E-state index in [1.807, 2.05) is 0 Å². The van der Waals surface area contributed by atoms with E-state index in [0.29, 0.717) is 10.8 Å². The fourth-order valence-corrected chi connectivity index (χ4v) is 8.47. The molecule has 25 heavy (non-hydrogen) atoms. The molecule has 0 aromatic rings. The van der Waals surface area contributed by atoms with Crippen LogP contribution in [0.3, 0.4) is 0 Å². The van der Waals surface area contributed by atoms with Crippen molar-refractivity contribution in [3.05, 3.63) is 12.2 Å². The van der Waals surface area contributed by atoms with Gasteiger partial charge in [0.25, 0.3) is 0 Å². The van der Waals surface area contributed by atoms with Gasteiger partial charge in [-0.15, -0.1) is 0 Å². The molecule has 6 rings (SSSR count). The zero-order valence-corrected chi connectivity index (χ0v) is 17.9. The van der Waals surface area contributed by atoms with Crippen LogP contribution in [0.5, 0.6) is 0 Å². The first-order valence-electron chi connectivity index (χ1n) is 11.3. The van der Waals surface area contributed by atoms with Crippen molar-refractivity contribution in [3.63, 3.8) is 0 Å². The molecule has 0 heterocycles. The quantitative estimate of drug-likeness (QED) is 0.375.